The van der Waals surface area contributed by atoms with Gasteiger partial charge in [-0.15, -0.1) is 12.4 Å². The molecule has 2 N–H and O–H groups in total. The Labute approximate surface area is 110 Å². The van der Waals surface area contributed by atoms with E-state index in [1.165, 1.54) is 0 Å². The van der Waals surface area contributed by atoms with Crippen LogP contribution < -0.4 is 15.2 Å². The Morgan fingerprint density at radius 3 is 2.24 bits per heavy atom. The molecule has 0 aliphatic carbocycles. The highest BCUT2D eigenvalue weighted by atomic mass is 35.5. The van der Waals surface area contributed by atoms with Crippen molar-refractivity contribution in [3.8, 4) is 11.5 Å². The van der Waals surface area contributed by atoms with E-state index in [0.717, 1.165) is 23.5 Å². The molecule has 1 aromatic rings. The predicted molar refractivity (Wildman–Crippen MR) is 73.2 cm³/mol. The van der Waals surface area contributed by atoms with Gasteiger partial charge in [0.05, 0.1) is 14.2 Å². The molecule has 17 heavy (non-hydrogen) atoms. The van der Waals surface area contributed by atoms with Crippen molar-refractivity contribution >= 4 is 12.4 Å². The van der Waals surface area contributed by atoms with Gasteiger partial charge in [-0.2, -0.15) is 0 Å². The van der Waals surface area contributed by atoms with Crippen molar-refractivity contribution in [2.24, 2.45) is 11.7 Å². The van der Waals surface area contributed by atoms with Gasteiger partial charge in [-0.1, -0.05) is 26.3 Å². The molecule has 0 saturated carbocycles. The average molecular weight is 260 g/mol. The first-order valence-corrected chi connectivity index (χ1v) is 5.61. The Balaban J connectivity index is 0.00000256. The van der Waals surface area contributed by atoms with Crippen molar-refractivity contribution in [2.75, 3.05) is 14.2 Å². The lowest BCUT2D eigenvalue weighted by Gasteiger charge is -2.20. The summed E-state index contributed by atoms with van der Waals surface area (Å²) in [5.41, 5.74) is 7.26. The van der Waals surface area contributed by atoms with Crippen molar-refractivity contribution in [3.63, 3.8) is 0 Å². The van der Waals surface area contributed by atoms with Crippen molar-refractivity contribution in [2.45, 2.75) is 26.3 Å². The number of benzene rings is 1. The average Bonchev–Trinajstić information content (AvgIpc) is 2.35. The molecule has 3 nitrogen and oxygen atoms in total. The molecule has 98 valence electrons. The SMILES string of the molecule is CCC(C)[C@@H](N)c1ccc(OC)c(OC)c1.Cl. The van der Waals surface area contributed by atoms with E-state index in [0.29, 0.717) is 5.92 Å². The van der Waals surface area contributed by atoms with E-state index in [4.69, 9.17) is 15.2 Å². The first-order valence-electron chi connectivity index (χ1n) is 5.61. The van der Waals surface area contributed by atoms with Gasteiger partial charge in [0.1, 0.15) is 0 Å². The molecule has 0 aromatic heterocycles. The van der Waals surface area contributed by atoms with Gasteiger partial charge in [-0.05, 0) is 23.6 Å². The summed E-state index contributed by atoms with van der Waals surface area (Å²) >= 11 is 0. The highest BCUT2D eigenvalue weighted by Gasteiger charge is 2.15. The molecule has 2 atom stereocenters. The third-order valence-electron chi connectivity index (χ3n) is 3.05. The zero-order valence-electron chi connectivity index (χ0n) is 10.9. The van der Waals surface area contributed by atoms with Crippen LogP contribution in [0, 0.1) is 5.92 Å². The minimum atomic E-state index is 0. The van der Waals surface area contributed by atoms with Gasteiger partial charge in [0.15, 0.2) is 11.5 Å². The normalized spacial score (nSPS) is 13.5. The van der Waals surface area contributed by atoms with Crippen molar-refractivity contribution in [3.05, 3.63) is 23.8 Å². The second-order valence-corrected chi connectivity index (χ2v) is 4.03. The van der Waals surface area contributed by atoms with Crippen LogP contribution in [0.2, 0.25) is 0 Å². The second kappa shape index (κ2) is 7.41. The minimum Gasteiger partial charge on any atom is -0.493 e. The first kappa shape index (κ1) is 16.1. The highest BCUT2D eigenvalue weighted by molar-refractivity contribution is 5.85. The number of halogens is 1. The van der Waals surface area contributed by atoms with Crippen LogP contribution in [0.5, 0.6) is 11.5 Å². The Bertz CT molecular complexity index is 344. The van der Waals surface area contributed by atoms with Gasteiger partial charge in [-0.3, -0.25) is 0 Å². The Morgan fingerprint density at radius 2 is 1.76 bits per heavy atom. The van der Waals surface area contributed by atoms with E-state index in [-0.39, 0.29) is 18.4 Å². The lowest BCUT2D eigenvalue weighted by Crippen LogP contribution is -2.18. The Morgan fingerprint density at radius 1 is 1.18 bits per heavy atom. The Kier molecular flexibility index (Phi) is 7.00. The highest BCUT2D eigenvalue weighted by Crippen LogP contribution is 2.31. The summed E-state index contributed by atoms with van der Waals surface area (Å²) < 4.78 is 10.5. The van der Waals surface area contributed by atoms with Gasteiger partial charge in [0, 0.05) is 6.04 Å². The van der Waals surface area contributed by atoms with Crippen LogP contribution in [-0.4, -0.2) is 14.2 Å². The number of methoxy groups -OCH3 is 2. The number of rotatable bonds is 5. The van der Waals surface area contributed by atoms with E-state index in [1.807, 2.05) is 18.2 Å². The summed E-state index contributed by atoms with van der Waals surface area (Å²) in [5, 5.41) is 0. The van der Waals surface area contributed by atoms with Gasteiger partial charge in [0.2, 0.25) is 0 Å². The monoisotopic (exact) mass is 259 g/mol. The zero-order chi connectivity index (χ0) is 12.1. The van der Waals surface area contributed by atoms with Crippen LogP contribution in [0.15, 0.2) is 18.2 Å². The maximum Gasteiger partial charge on any atom is 0.161 e. The van der Waals surface area contributed by atoms with Crippen LogP contribution in [0.1, 0.15) is 31.9 Å². The maximum atomic E-state index is 6.17. The standard InChI is InChI=1S/C13H21NO2.ClH/c1-5-9(2)13(14)10-6-7-11(15-3)12(8-10)16-4;/h6-9,13H,5,14H2,1-4H3;1H/t9?,13-;/m1./s1. The molecule has 0 heterocycles. The van der Waals surface area contributed by atoms with E-state index in [9.17, 15) is 0 Å². The van der Waals surface area contributed by atoms with E-state index in [2.05, 4.69) is 13.8 Å². The summed E-state index contributed by atoms with van der Waals surface area (Å²) in [4.78, 5) is 0. The molecular weight excluding hydrogens is 238 g/mol. The second-order valence-electron chi connectivity index (χ2n) is 4.03. The molecule has 1 aromatic carbocycles. The minimum absolute atomic E-state index is 0. The molecule has 4 heteroatoms. The van der Waals surface area contributed by atoms with Gasteiger partial charge < -0.3 is 15.2 Å². The van der Waals surface area contributed by atoms with Crippen LogP contribution in [0.3, 0.4) is 0 Å². The molecule has 0 radical (unpaired) electrons. The fourth-order valence-electron chi connectivity index (χ4n) is 1.64. The molecule has 0 bridgehead atoms. The third kappa shape index (κ3) is 3.79. The summed E-state index contributed by atoms with van der Waals surface area (Å²) in [6.07, 6.45) is 1.06. The van der Waals surface area contributed by atoms with Gasteiger partial charge >= 0.3 is 0 Å². The summed E-state index contributed by atoms with van der Waals surface area (Å²) in [7, 11) is 3.27. The van der Waals surface area contributed by atoms with Gasteiger partial charge in [0.25, 0.3) is 0 Å². The summed E-state index contributed by atoms with van der Waals surface area (Å²) in [6.45, 7) is 4.30. The summed E-state index contributed by atoms with van der Waals surface area (Å²) in [5.74, 6) is 1.93. The van der Waals surface area contributed by atoms with Crippen molar-refractivity contribution in [1.29, 1.82) is 0 Å². The number of ether oxygens (including phenoxy) is 2. The Hall–Kier alpha value is -0.930. The first-order chi connectivity index (χ1) is 7.63. The summed E-state index contributed by atoms with van der Waals surface area (Å²) in [6, 6.07) is 5.90. The lowest BCUT2D eigenvalue weighted by molar-refractivity contribution is 0.353. The molecular formula is C13H22ClNO2. The molecule has 0 aliphatic rings. The molecule has 0 aliphatic heterocycles. The molecule has 0 saturated heterocycles. The number of hydrogen-bond donors (Lipinski definition) is 1. The number of nitrogens with two attached hydrogens (primary N) is 1. The smallest absolute Gasteiger partial charge is 0.161 e. The molecule has 1 unspecified atom stereocenters. The van der Waals surface area contributed by atoms with Crippen molar-refractivity contribution < 1.29 is 9.47 Å². The van der Waals surface area contributed by atoms with E-state index in [1.54, 1.807) is 14.2 Å². The fraction of sp³-hybridized carbons (Fsp3) is 0.538. The van der Waals surface area contributed by atoms with Crippen LogP contribution in [0.4, 0.5) is 0 Å². The molecule has 0 spiro atoms. The molecule has 1 rings (SSSR count). The largest absolute Gasteiger partial charge is 0.493 e. The molecule has 0 fully saturated rings. The lowest BCUT2D eigenvalue weighted by atomic mass is 9.93. The van der Waals surface area contributed by atoms with Crippen LogP contribution >= 0.6 is 12.4 Å². The molecule has 0 amide bonds. The van der Waals surface area contributed by atoms with Gasteiger partial charge in [-0.25, -0.2) is 0 Å². The predicted octanol–water partition coefficient (Wildman–Crippen LogP) is 3.17. The van der Waals surface area contributed by atoms with Crippen LogP contribution in [-0.2, 0) is 0 Å². The maximum absolute atomic E-state index is 6.17. The zero-order valence-corrected chi connectivity index (χ0v) is 11.7. The quantitative estimate of drug-likeness (QED) is 0.883. The van der Waals surface area contributed by atoms with Crippen LogP contribution in [0.25, 0.3) is 0 Å². The number of hydrogen-bond acceptors (Lipinski definition) is 3. The van der Waals surface area contributed by atoms with Crippen molar-refractivity contribution in [1.82, 2.24) is 0 Å². The topological polar surface area (TPSA) is 44.5 Å². The van der Waals surface area contributed by atoms with E-state index < -0.39 is 0 Å². The fourth-order valence-corrected chi connectivity index (χ4v) is 1.64. The third-order valence-corrected chi connectivity index (χ3v) is 3.05. The van der Waals surface area contributed by atoms with E-state index >= 15 is 0 Å².